The first-order valence-corrected chi connectivity index (χ1v) is 12.3. The average Bonchev–Trinajstić information content (AvgIpc) is 2.91. The minimum absolute atomic E-state index is 0.0911. The van der Waals surface area contributed by atoms with Gasteiger partial charge in [0.15, 0.2) is 0 Å². The number of fused-ring (bicyclic) bond motifs is 4. The average molecular weight is 473 g/mol. The van der Waals surface area contributed by atoms with Crippen LogP contribution in [0.25, 0.3) is 10.9 Å². The van der Waals surface area contributed by atoms with E-state index >= 15 is 0 Å². The molecule has 0 N–H and O–H groups in total. The Labute approximate surface area is 206 Å². The first-order valence-electron chi connectivity index (χ1n) is 12.3. The Morgan fingerprint density at radius 1 is 1.20 bits per heavy atom. The van der Waals surface area contributed by atoms with E-state index < -0.39 is 6.10 Å². The van der Waals surface area contributed by atoms with Crippen LogP contribution in [-0.2, 0) is 4.74 Å². The highest BCUT2D eigenvalue weighted by Gasteiger charge is 2.44. The molecule has 3 aliphatic heterocycles. The predicted molar refractivity (Wildman–Crippen MR) is 136 cm³/mol. The highest BCUT2D eigenvalue weighted by atomic mass is 16.5. The second-order valence-electron chi connectivity index (χ2n) is 9.31. The lowest BCUT2D eigenvalue weighted by Gasteiger charge is -2.51. The van der Waals surface area contributed by atoms with E-state index in [0.29, 0.717) is 24.0 Å². The molecular weight excluding hydrogens is 440 g/mol. The molecule has 5 atom stereocenters. The highest BCUT2D eigenvalue weighted by Crippen LogP contribution is 2.44. The van der Waals surface area contributed by atoms with Crippen molar-refractivity contribution in [3.63, 3.8) is 0 Å². The lowest BCUT2D eigenvalue weighted by molar-refractivity contribution is -0.0568. The predicted octanol–water partition coefficient (Wildman–Crippen LogP) is 5.44. The van der Waals surface area contributed by atoms with Crippen molar-refractivity contribution in [1.82, 2.24) is 9.88 Å². The molecule has 0 aliphatic carbocycles. The van der Waals surface area contributed by atoms with Crippen molar-refractivity contribution in [2.45, 2.75) is 31.9 Å². The fourth-order valence-corrected chi connectivity index (χ4v) is 5.60. The first-order chi connectivity index (χ1) is 17.1. The van der Waals surface area contributed by atoms with Gasteiger partial charge in [0.2, 0.25) is 0 Å². The number of ether oxygens (including phenoxy) is 3. The number of carbonyl (C=O) groups excluding carboxylic acids is 1. The molecule has 0 amide bonds. The number of benzene rings is 2. The van der Waals surface area contributed by atoms with Gasteiger partial charge in [-0.3, -0.25) is 9.88 Å². The Morgan fingerprint density at radius 3 is 2.69 bits per heavy atom. The summed E-state index contributed by atoms with van der Waals surface area (Å²) in [6, 6.07) is 15.0. The number of pyridine rings is 1. The van der Waals surface area contributed by atoms with E-state index in [-0.39, 0.29) is 12.0 Å². The third kappa shape index (κ3) is 4.63. The van der Waals surface area contributed by atoms with E-state index in [4.69, 9.17) is 14.2 Å². The molecule has 0 radical (unpaired) electrons. The number of carbonyl (C=O) groups is 1. The van der Waals surface area contributed by atoms with Crippen molar-refractivity contribution in [2.75, 3.05) is 26.8 Å². The molecule has 3 aromatic rings. The van der Waals surface area contributed by atoms with Crippen LogP contribution in [0.15, 0.2) is 67.4 Å². The summed E-state index contributed by atoms with van der Waals surface area (Å²) in [7, 11) is 1.65. The topological polar surface area (TPSA) is 60.9 Å². The second kappa shape index (κ2) is 10.1. The second-order valence-corrected chi connectivity index (χ2v) is 9.31. The quantitative estimate of drug-likeness (QED) is 0.322. The van der Waals surface area contributed by atoms with Gasteiger partial charge in [-0.05, 0) is 86.7 Å². The molecule has 3 fully saturated rings. The molecule has 6 heteroatoms. The molecule has 35 heavy (non-hydrogen) atoms. The summed E-state index contributed by atoms with van der Waals surface area (Å²) in [5, 5.41) is 0.944. The molecule has 1 unspecified atom stereocenters. The Morgan fingerprint density at radius 2 is 2.00 bits per heavy atom. The van der Waals surface area contributed by atoms with Gasteiger partial charge >= 0.3 is 5.97 Å². The van der Waals surface area contributed by atoms with Gasteiger partial charge in [0.05, 0.1) is 30.8 Å². The van der Waals surface area contributed by atoms with Crippen LogP contribution in [0.2, 0.25) is 0 Å². The fourth-order valence-electron chi connectivity index (χ4n) is 5.60. The van der Waals surface area contributed by atoms with Crippen molar-refractivity contribution in [3.8, 4) is 11.5 Å². The number of nitrogens with zero attached hydrogens (tertiary/aromatic N) is 2. The van der Waals surface area contributed by atoms with E-state index in [1.807, 2.05) is 43.3 Å². The van der Waals surface area contributed by atoms with E-state index in [1.165, 1.54) is 0 Å². The lowest BCUT2D eigenvalue weighted by Crippen LogP contribution is -2.55. The van der Waals surface area contributed by atoms with E-state index in [9.17, 15) is 4.79 Å². The van der Waals surface area contributed by atoms with Gasteiger partial charge in [-0.1, -0.05) is 6.08 Å². The lowest BCUT2D eigenvalue weighted by atomic mass is 9.73. The number of hydrogen-bond donors (Lipinski definition) is 0. The van der Waals surface area contributed by atoms with Crippen LogP contribution < -0.4 is 9.47 Å². The van der Waals surface area contributed by atoms with Crippen LogP contribution in [0.1, 0.15) is 41.8 Å². The molecule has 1 aromatic heterocycles. The van der Waals surface area contributed by atoms with Crippen molar-refractivity contribution < 1.29 is 19.0 Å². The largest absolute Gasteiger partial charge is 0.497 e. The van der Waals surface area contributed by atoms with Crippen molar-refractivity contribution in [2.24, 2.45) is 11.8 Å². The summed E-state index contributed by atoms with van der Waals surface area (Å²) >= 11 is 0. The number of rotatable bonds is 8. The Hall–Kier alpha value is -3.38. The van der Waals surface area contributed by atoms with E-state index in [1.54, 1.807) is 25.4 Å². The number of hydrogen-bond acceptors (Lipinski definition) is 6. The minimum Gasteiger partial charge on any atom is -0.497 e. The molecule has 2 aromatic carbocycles. The van der Waals surface area contributed by atoms with E-state index in [0.717, 1.165) is 53.9 Å². The summed E-state index contributed by atoms with van der Waals surface area (Å²) in [5.74, 6) is 2.18. The molecular formula is C29H32N2O4. The molecule has 6 nitrogen and oxygen atoms in total. The molecule has 0 spiro atoms. The van der Waals surface area contributed by atoms with Gasteiger partial charge < -0.3 is 14.2 Å². The standard InChI is InChI=1S/C29H32N2O4/c1-4-19-18-31-15-13-21(19)16-27(31)28(35-29(32)20-6-8-22(9-7-20)34-5-2)24-12-14-30-26-11-10-23(33-3)17-25(24)26/h4,6-12,14,17,19,21,27-28H,1,5,13,15-16,18H2,2-3H3/t19-,21+,27-,28+/m1/s1. The minimum atomic E-state index is -0.430. The van der Waals surface area contributed by atoms with Crippen molar-refractivity contribution in [1.29, 1.82) is 0 Å². The fraction of sp³-hybridized carbons (Fsp3) is 0.379. The monoisotopic (exact) mass is 472 g/mol. The van der Waals surface area contributed by atoms with Gasteiger partial charge in [0.1, 0.15) is 17.6 Å². The zero-order valence-corrected chi connectivity index (χ0v) is 20.4. The summed E-state index contributed by atoms with van der Waals surface area (Å²) in [6.07, 6.45) is 5.56. The Balaban J connectivity index is 1.52. The van der Waals surface area contributed by atoms with Gasteiger partial charge in [0.25, 0.3) is 0 Å². The summed E-state index contributed by atoms with van der Waals surface area (Å²) in [6.45, 7) is 8.52. The Kier molecular flexibility index (Phi) is 6.73. The van der Waals surface area contributed by atoms with Crippen LogP contribution in [0, 0.1) is 11.8 Å². The van der Waals surface area contributed by atoms with Crippen molar-refractivity contribution >= 4 is 16.9 Å². The molecule has 3 aliphatic rings. The van der Waals surface area contributed by atoms with Gasteiger partial charge in [-0.15, -0.1) is 6.58 Å². The first kappa shape index (κ1) is 23.4. The van der Waals surface area contributed by atoms with Crippen LogP contribution in [-0.4, -0.2) is 48.7 Å². The normalized spacial score (nSPS) is 24.1. The molecule has 182 valence electrons. The summed E-state index contributed by atoms with van der Waals surface area (Å²) in [5.41, 5.74) is 2.32. The maximum absolute atomic E-state index is 13.4. The highest BCUT2D eigenvalue weighted by molar-refractivity contribution is 5.90. The zero-order chi connectivity index (χ0) is 24.4. The van der Waals surface area contributed by atoms with Gasteiger partial charge in [0, 0.05) is 23.7 Å². The van der Waals surface area contributed by atoms with Gasteiger partial charge in [-0.25, -0.2) is 4.79 Å². The third-order valence-corrected chi connectivity index (χ3v) is 7.43. The number of aromatic nitrogens is 1. The van der Waals surface area contributed by atoms with Crippen LogP contribution in [0.4, 0.5) is 0 Å². The van der Waals surface area contributed by atoms with Crippen LogP contribution in [0.5, 0.6) is 11.5 Å². The number of esters is 1. The molecule has 2 bridgehead atoms. The van der Waals surface area contributed by atoms with Crippen LogP contribution >= 0.6 is 0 Å². The van der Waals surface area contributed by atoms with Crippen molar-refractivity contribution in [3.05, 3.63) is 78.5 Å². The maximum Gasteiger partial charge on any atom is 0.338 e. The third-order valence-electron chi connectivity index (χ3n) is 7.43. The molecule has 6 rings (SSSR count). The molecule has 0 saturated carbocycles. The Bertz CT molecular complexity index is 1210. The number of methoxy groups -OCH3 is 1. The SMILES string of the molecule is C=C[C@@H]1CN2CC[C@H]1C[C@@H]2[C@@H](OC(=O)c1ccc(OCC)cc1)c1ccnc2ccc(OC)cc12. The summed E-state index contributed by atoms with van der Waals surface area (Å²) < 4.78 is 17.4. The zero-order valence-electron chi connectivity index (χ0n) is 20.4. The van der Waals surface area contributed by atoms with E-state index in [2.05, 4.69) is 22.5 Å². The number of piperidine rings is 3. The smallest absolute Gasteiger partial charge is 0.338 e. The molecule has 4 heterocycles. The molecule has 3 saturated heterocycles. The maximum atomic E-state index is 13.4. The van der Waals surface area contributed by atoms with Gasteiger partial charge in [-0.2, -0.15) is 0 Å². The summed E-state index contributed by atoms with van der Waals surface area (Å²) in [4.78, 5) is 20.4. The van der Waals surface area contributed by atoms with Crippen LogP contribution in [0.3, 0.4) is 0 Å².